The van der Waals surface area contributed by atoms with Crippen molar-refractivity contribution in [2.75, 3.05) is 0 Å². The Labute approximate surface area is 119 Å². The van der Waals surface area contributed by atoms with Gasteiger partial charge >= 0.3 is 0 Å². The third-order valence-corrected chi connectivity index (χ3v) is 4.72. The average molecular weight is 265 g/mol. The van der Waals surface area contributed by atoms with Crippen LogP contribution in [0, 0.1) is 0 Å². The van der Waals surface area contributed by atoms with E-state index in [0.29, 0.717) is 12.1 Å². The molecule has 4 atom stereocenters. The molecule has 0 amide bonds. The van der Waals surface area contributed by atoms with Crippen molar-refractivity contribution in [3.8, 4) is 0 Å². The van der Waals surface area contributed by atoms with E-state index in [1.165, 1.54) is 11.1 Å². The van der Waals surface area contributed by atoms with Crippen molar-refractivity contribution < 1.29 is 4.84 Å². The lowest BCUT2D eigenvalue weighted by molar-refractivity contribution is -0.166. The van der Waals surface area contributed by atoms with E-state index >= 15 is 0 Å². The normalized spacial score (nSPS) is 35.4. The standard InChI is InChI=1S/C18H19NO/c1-18(15-10-6-3-7-11-15)13-16-12-17(19(18)20-16)14-8-4-2-5-9-14/h2-11,16-17H,12-13H2,1H3/t16-,17-,18+/m1/s1. The molecule has 2 aromatic rings. The molecule has 0 spiro atoms. The summed E-state index contributed by atoms with van der Waals surface area (Å²) in [5, 5.41) is 2.24. The summed E-state index contributed by atoms with van der Waals surface area (Å²) in [6.45, 7) is 2.30. The van der Waals surface area contributed by atoms with Gasteiger partial charge in [0, 0.05) is 6.42 Å². The van der Waals surface area contributed by atoms with Gasteiger partial charge in [-0.25, -0.2) is 0 Å². The van der Waals surface area contributed by atoms with E-state index in [2.05, 4.69) is 72.7 Å². The van der Waals surface area contributed by atoms with Crippen LogP contribution in [0.5, 0.6) is 0 Å². The topological polar surface area (TPSA) is 12.5 Å². The molecule has 2 heteroatoms. The van der Waals surface area contributed by atoms with Gasteiger partial charge in [0.1, 0.15) is 0 Å². The van der Waals surface area contributed by atoms with E-state index in [1.54, 1.807) is 0 Å². The van der Waals surface area contributed by atoms with Gasteiger partial charge in [-0.05, 0) is 24.5 Å². The van der Waals surface area contributed by atoms with Gasteiger partial charge in [0.15, 0.2) is 0 Å². The molecular formula is C18H19NO. The highest BCUT2D eigenvalue weighted by Gasteiger charge is 2.54. The quantitative estimate of drug-likeness (QED) is 0.812. The molecule has 0 radical (unpaired) electrons. The fourth-order valence-corrected chi connectivity index (χ4v) is 3.72. The van der Waals surface area contributed by atoms with Gasteiger partial charge in [0.25, 0.3) is 0 Å². The van der Waals surface area contributed by atoms with Gasteiger partial charge in [-0.1, -0.05) is 60.7 Å². The first-order chi connectivity index (χ1) is 9.77. The maximum Gasteiger partial charge on any atom is 0.0834 e. The lowest BCUT2D eigenvalue weighted by atomic mass is 9.80. The number of rotatable bonds is 2. The third kappa shape index (κ3) is 1.72. The first-order valence-corrected chi connectivity index (χ1v) is 7.34. The zero-order chi connectivity index (χ0) is 13.6. The zero-order valence-electron chi connectivity index (χ0n) is 11.7. The highest BCUT2D eigenvalue weighted by Crippen LogP contribution is 2.53. The maximum absolute atomic E-state index is 6.14. The molecule has 1 unspecified atom stereocenters. The summed E-state index contributed by atoms with van der Waals surface area (Å²) < 4.78 is 0. The second-order valence-corrected chi connectivity index (χ2v) is 6.06. The van der Waals surface area contributed by atoms with Crippen molar-refractivity contribution in [1.29, 1.82) is 0 Å². The number of benzene rings is 2. The molecule has 2 heterocycles. The van der Waals surface area contributed by atoms with Crippen LogP contribution in [0.3, 0.4) is 0 Å². The first kappa shape index (κ1) is 12.1. The van der Waals surface area contributed by atoms with Crippen molar-refractivity contribution in [2.45, 2.75) is 37.5 Å². The Morgan fingerprint density at radius 1 is 1.00 bits per heavy atom. The van der Waals surface area contributed by atoms with Crippen LogP contribution in [0.1, 0.15) is 36.9 Å². The minimum Gasteiger partial charge on any atom is -0.294 e. The Kier molecular flexibility index (Phi) is 2.69. The van der Waals surface area contributed by atoms with E-state index in [1.807, 2.05) is 0 Å². The largest absolute Gasteiger partial charge is 0.294 e. The summed E-state index contributed by atoms with van der Waals surface area (Å²) in [5.74, 6) is 0. The summed E-state index contributed by atoms with van der Waals surface area (Å²) in [4.78, 5) is 6.14. The molecule has 102 valence electrons. The van der Waals surface area contributed by atoms with Crippen LogP contribution in [0.4, 0.5) is 0 Å². The fraction of sp³-hybridized carbons (Fsp3) is 0.333. The third-order valence-electron chi connectivity index (χ3n) is 4.72. The van der Waals surface area contributed by atoms with Crippen molar-refractivity contribution in [3.05, 3.63) is 71.8 Å². The Balaban J connectivity index is 1.72. The predicted octanol–water partition coefficient (Wildman–Crippen LogP) is 4.05. The average Bonchev–Trinajstić information content (AvgIpc) is 3.07. The van der Waals surface area contributed by atoms with Crippen LogP contribution < -0.4 is 0 Å². The molecule has 2 bridgehead atoms. The van der Waals surface area contributed by atoms with Crippen molar-refractivity contribution >= 4 is 0 Å². The molecule has 2 fully saturated rings. The predicted molar refractivity (Wildman–Crippen MR) is 78.9 cm³/mol. The maximum atomic E-state index is 6.14. The zero-order valence-corrected chi connectivity index (χ0v) is 11.7. The molecule has 0 N–H and O–H groups in total. The molecule has 0 aliphatic carbocycles. The van der Waals surface area contributed by atoms with Crippen LogP contribution in [0.25, 0.3) is 0 Å². The molecule has 0 aromatic heterocycles. The molecule has 2 saturated heterocycles. The second kappa shape index (κ2) is 4.44. The lowest BCUT2D eigenvalue weighted by Gasteiger charge is -2.39. The van der Waals surface area contributed by atoms with Crippen LogP contribution in [-0.4, -0.2) is 11.2 Å². The second-order valence-electron chi connectivity index (χ2n) is 6.06. The number of nitrogens with zero attached hydrogens (tertiary/aromatic N) is 1. The van der Waals surface area contributed by atoms with Gasteiger partial charge in [0.05, 0.1) is 17.7 Å². The molecule has 4 rings (SSSR count). The molecule has 2 aromatic carbocycles. The number of hydroxylamine groups is 2. The molecular weight excluding hydrogens is 246 g/mol. The van der Waals surface area contributed by atoms with E-state index < -0.39 is 0 Å². The Hall–Kier alpha value is -1.64. The Morgan fingerprint density at radius 3 is 2.30 bits per heavy atom. The summed E-state index contributed by atoms with van der Waals surface area (Å²) in [5.41, 5.74) is 2.70. The van der Waals surface area contributed by atoms with Crippen molar-refractivity contribution in [1.82, 2.24) is 5.06 Å². The fourth-order valence-electron chi connectivity index (χ4n) is 3.72. The van der Waals surface area contributed by atoms with Crippen molar-refractivity contribution in [3.63, 3.8) is 0 Å². The Bertz CT molecular complexity index is 597. The number of fused-ring (bicyclic) bond motifs is 2. The van der Waals surface area contributed by atoms with Crippen LogP contribution >= 0.6 is 0 Å². The van der Waals surface area contributed by atoms with Gasteiger partial charge in [-0.15, -0.1) is 0 Å². The smallest absolute Gasteiger partial charge is 0.0834 e. The van der Waals surface area contributed by atoms with Gasteiger partial charge < -0.3 is 0 Å². The highest BCUT2D eigenvalue weighted by molar-refractivity contribution is 5.29. The van der Waals surface area contributed by atoms with Crippen molar-refractivity contribution in [2.24, 2.45) is 0 Å². The van der Waals surface area contributed by atoms with Gasteiger partial charge in [-0.2, -0.15) is 5.06 Å². The number of piperidine rings is 1. The lowest BCUT2D eigenvalue weighted by Crippen LogP contribution is -2.41. The molecule has 0 saturated carbocycles. The van der Waals surface area contributed by atoms with Crippen LogP contribution in [0.2, 0.25) is 0 Å². The summed E-state index contributed by atoms with van der Waals surface area (Å²) in [7, 11) is 0. The van der Waals surface area contributed by atoms with Crippen LogP contribution in [0.15, 0.2) is 60.7 Å². The Morgan fingerprint density at radius 2 is 1.65 bits per heavy atom. The molecule has 2 aliphatic heterocycles. The molecule has 20 heavy (non-hydrogen) atoms. The monoisotopic (exact) mass is 265 g/mol. The number of hydrogen-bond acceptors (Lipinski definition) is 2. The van der Waals surface area contributed by atoms with Crippen LogP contribution in [-0.2, 0) is 10.4 Å². The summed E-state index contributed by atoms with van der Waals surface area (Å²) >= 11 is 0. The SMILES string of the molecule is C[C@@]1(c2ccccc2)C[C@H]2C[C@H](c3ccccc3)N1O2. The van der Waals surface area contributed by atoms with E-state index in [0.717, 1.165) is 12.8 Å². The summed E-state index contributed by atoms with van der Waals surface area (Å²) in [6, 6.07) is 21.8. The van der Waals surface area contributed by atoms with E-state index in [-0.39, 0.29) is 5.54 Å². The number of hydrogen-bond donors (Lipinski definition) is 0. The first-order valence-electron chi connectivity index (χ1n) is 7.34. The van der Waals surface area contributed by atoms with Gasteiger partial charge in [0.2, 0.25) is 0 Å². The van der Waals surface area contributed by atoms with Gasteiger partial charge in [-0.3, -0.25) is 4.84 Å². The highest BCUT2D eigenvalue weighted by atomic mass is 16.7. The minimum absolute atomic E-state index is 0.00924. The van der Waals surface area contributed by atoms with E-state index in [9.17, 15) is 0 Å². The molecule has 2 nitrogen and oxygen atoms in total. The minimum atomic E-state index is -0.00924. The summed E-state index contributed by atoms with van der Waals surface area (Å²) in [6.07, 6.45) is 2.54. The van der Waals surface area contributed by atoms with E-state index in [4.69, 9.17) is 4.84 Å². The molecule has 2 aliphatic rings.